The highest BCUT2D eigenvalue weighted by Crippen LogP contribution is 2.31. The van der Waals surface area contributed by atoms with E-state index >= 15 is 0 Å². The number of nitrogens with zero attached hydrogens (tertiary/aromatic N) is 3. The Kier molecular flexibility index (Phi) is 6.94. The summed E-state index contributed by atoms with van der Waals surface area (Å²) in [5.74, 6) is -0.565. The summed E-state index contributed by atoms with van der Waals surface area (Å²) in [6.45, 7) is 1.12. The maximum absolute atomic E-state index is 14.0. The number of benzene rings is 2. The summed E-state index contributed by atoms with van der Waals surface area (Å²) in [6, 6.07) is 11.5. The zero-order valence-corrected chi connectivity index (χ0v) is 16.7. The van der Waals surface area contributed by atoms with Gasteiger partial charge < -0.3 is 4.90 Å². The first-order valence-corrected chi connectivity index (χ1v) is 8.92. The fourth-order valence-electron chi connectivity index (χ4n) is 2.35. The molecule has 26 heavy (non-hydrogen) atoms. The van der Waals surface area contributed by atoms with E-state index in [4.69, 9.17) is 11.6 Å². The number of fused-ring (bicyclic) bond motifs is 1. The van der Waals surface area contributed by atoms with E-state index in [0.29, 0.717) is 39.0 Å². The smallest absolute Gasteiger partial charge is 0.260 e. The largest absolute Gasteiger partial charge is 0.308 e. The van der Waals surface area contributed by atoms with Gasteiger partial charge in [-0.25, -0.2) is 9.37 Å². The number of likely N-dealkylation sites (N-methyl/N-ethyl adjacent to an activating group) is 1. The van der Waals surface area contributed by atoms with Gasteiger partial charge in [0.25, 0.3) is 5.91 Å². The van der Waals surface area contributed by atoms with Crippen LogP contribution in [0.25, 0.3) is 10.2 Å². The average molecular weight is 414 g/mol. The predicted octanol–water partition coefficient (Wildman–Crippen LogP) is 4.72. The molecule has 1 amide bonds. The Morgan fingerprint density at radius 3 is 2.46 bits per heavy atom. The van der Waals surface area contributed by atoms with Crippen LogP contribution in [0.15, 0.2) is 42.5 Å². The van der Waals surface area contributed by atoms with Crippen LogP contribution < -0.4 is 4.90 Å². The molecule has 0 aliphatic carbocycles. The Morgan fingerprint density at radius 1 is 1.15 bits per heavy atom. The van der Waals surface area contributed by atoms with Crippen molar-refractivity contribution in [3.63, 3.8) is 0 Å². The lowest BCUT2D eigenvalue weighted by molar-refractivity contribution is 0.0985. The Bertz CT molecular complexity index is 899. The molecule has 0 aliphatic rings. The molecule has 0 bridgehead atoms. The number of carbonyl (C=O) groups excluding carboxylic acids is 1. The average Bonchev–Trinajstić information content (AvgIpc) is 3.00. The second-order valence-electron chi connectivity index (χ2n) is 5.85. The van der Waals surface area contributed by atoms with Crippen molar-refractivity contribution in [2.24, 2.45) is 0 Å². The lowest BCUT2D eigenvalue weighted by Gasteiger charge is -2.22. The minimum absolute atomic E-state index is 0. The number of amides is 1. The minimum atomic E-state index is -0.383. The van der Waals surface area contributed by atoms with E-state index in [1.807, 2.05) is 19.0 Å². The van der Waals surface area contributed by atoms with E-state index in [1.54, 1.807) is 41.3 Å². The van der Waals surface area contributed by atoms with Gasteiger partial charge in [-0.1, -0.05) is 29.0 Å². The first-order valence-electron chi connectivity index (χ1n) is 7.73. The molecule has 0 N–H and O–H groups in total. The van der Waals surface area contributed by atoms with Crippen LogP contribution in [0.4, 0.5) is 9.52 Å². The lowest BCUT2D eigenvalue weighted by atomic mass is 10.2. The van der Waals surface area contributed by atoms with Crippen molar-refractivity contribution in [2.75, 3.05) is 32.1 Å². The van der Waals surface area contributed by atoms with Crippen molar-refractivity contribution in [3.05, 3.63) is 58.9 Å². The molecular formula is C18H18Cl2FN3OS. The van der Waals surface area contributed by atoms with Crippen molar-refractivity contribution in [1.82, 2.24) is 9.88 Å². The fourth-order valence-corrected chi connectivity index (χ4v) is 3.48. The van der Waals surface area contributed by atoms with Gasteiger partial charge in [0.05, 0.1) is 4.70 Å². The predicted molar refractivity (Wildman–Crippen MR) is 109 cm³/mol. The van der Waals surface area contributed by atoms with Crippen LogP contribution in [0.3, 0.4) is 0 Å². The van der Waals surface area contributed by atoms with Gasteiger partial charge in [-0.15, -0.1) is 12.4 Å². The van der Waals surface area contributed by atoms with Crippen LogP contribution in [0.1, 0.15) is 10.4 Å². The third-order valence-corrected chi connectivity index (χ3v) is 4.99. The van der Waals surface area contributed by atoms with E-state index in [9.17, 15) is 9.18 Å². The monoisotopic (exact) mass is 413 g/mol. The van der Waals surface area contributed by atoms with Gasteiger partial charge in [-0.3, -0.25) is 9.69 Å². The molecule has 4 nitrogen and oxygen atoms in total. The van der Waals surface area contributed by atoms with E-state index in [-0.39, 0.29) is 24.1 Å². The quantitative estimate of drug-likeness (QED) is 0.606. The van der Waals surface area contributed by atoms with Crippen LogP contribution in [0.2, 0.25) is 5.02 Å². The fraction of sp³-hybridized carbons (Fsp3) is 0.222. The van der Waals surface area contributed by atoms with E-state index < -0.39 is 0 Å². The molecule has 138 valence electrons. The third kappa shape index (κ3) is 4.51. The summed E-state index contributed by atoms with van der Waals surface area (Å²) in [4.78, 5) is 20.9. The summed E-state index contributed by atoms with van der Waals surface area (Å²) < 4.78 is 14.7. The standard InChI is InChI=1S/C18H17ClFN3OS.ClH/c1-22(2)10-11-23(17(24)12-6-8-13(19)9-7-12)18-21-16-14(20)4-3-5-15(16)25-18;/h3-9H,10-11H2,1-2H3;1H. The van der Waals surface area contributed by atoms with Gasteiger partial charge in [0.2, 0.25) is 0 Å². The molecule has 0 atom stereocenters. The first kappa shape index (κ1) is 20.6. The number of halogens is 3. The third-order valence-electron chi connectivity index (χ3n) is 3.70. The second kappa shape index (κ2) is 8.77. The Balaban J connectivity index is 0.00000243. The zero-order chi connectivity index (χ0) is 18.0. The van der Waals surface area contributed by atoms with Crippen molar-refractivity contribution < 1.29 is 9.18 Å². The number of hydrogen-bond donors (Lipinski definition) is 0. The normalized spacial score (nSPS) is 10.8. The van der Waals surface area contributed by atoms with Gasteiger partial charge in [-0.05, 0) is 50.5 Å². The van der Waals surface area contributed by atoms with Crippen LogP contribution in [0.5, 0.6) is 0 Å². The van der Waals surface area contributed by atoms with E-state index in [0.717, 1.165) is 0 Å². The molecule has 3 aromatic rings. The van der Waals surface area contributed by atoms with Gasteiger partial charge >= 0.3 is 0 Å². The molecule has 0 radical (unpaired) electrons. The van der Waals surface area contributed by atoms with E-state index in [2.05, 4.69) is 4.98 Å². The summed E-state index contributed by atoms with van der Waals surface area (Å²) in [6.07, 6.45) is 0. The Morgan fingerprint density at radius 2 is 1.85 bits per heavy atom. The van der Waals surface area contributed by atoms with Gasteiger partial charge in [0.1, 0.15) is 11.3 Å². The number of anilines is 1. The van der Waals surface area contributed by atoms with Crippen molar-refractivity contribution >= 4 is 56.6 Å². The summed E-state index contributed by atoms with van der Waals surface area (Å²) in [5.41, 5.74) is 0.809. The molecular weight excluding hydrogens is 396 g/mol. The molecule has 0 fully saturated rings. The second-order valence-corrected chi connectivity index (χ2v) is 7.30. The molecule has 2 aromatic carbocycles. The molecule has 3 rings (SSSR count). The summed E-state index contributed by atoms with van der Waals surface area (Å²) in [5, 5.41) is 1.06. The highest BCUT2D eigenvalue weighted by molar-refractivity contribution is 7.22. The topological polar surface area (TPSA) is 36.4 Å². The number of para-hydroxylation sites is 1. The van der Waals surface area contributed by atoms with Gasteiger partial charge in [-0.2, -0.15) is 0 Å². The van der Waals surface area contributed by atoms with Crippen molar-refractivity contribution in [3.8, 4) is 0 Å². The molecule has 0 saturated heterocycles. The number of hydrogen-bond acceptors (Lipinski definition) is 4. The summed E-state index contributed by atoms with van der Waals surface area (Å²) in [7, 11) is 3.87. The molecule has 0 spiro atoms. The highest BCUT2D eigenvalue weighted by Gasteiger charge is 2.22. The Hall–Kier alpha value is -1.73. The van der Waals surface area contributed by atoms with Crippen LogP contribution in [-0.4, -0.2) is 43.0 Å². The molecule has 0 aliphatic heterocycles. The highest BCUT2D eigenvalue weighted by atomic mass is 35.5. The van der Waals surface area contributed by atoms with Crippen LogP contribution >= 0.6 is 35.3 Å². The number of aromatic nitrogens is 1. The zero-order valence-electron chi connectivity index (χ0n) is 14.3. The van der Waals surface area contributed by atoms with Crippen molar-refractivity contribution in [2.45, 2.75) is 0 Å². The first-order chi connectivity index (χ1) is 12.0. The summed E-state index contributed by atoms with van der Waals surface area (Å²) >= 11 is 7.21. The van der Waals surface area contributed by atoms with Crippen LogP contribution in [0, 0.1) is 5.82 Å². The molecule has 8 heteroatoms. The SMILES string of the molecule is CN(C)CCN(C(=O)c1ccc(Cl)cc1)c1nc2c(F)cccc2s1.Cl. The molecule has 1 aromatic heterocycles. The molecule has 0 unspecified atom stereocenters. The van der Waals surface area contributed by atoms with Crippen molar-refractivity contribution in [1.29, 1.82) is 0 Å². The molecule has 1 heterocycles. The maximum Gasteiger partial charge on any atom is 0.260 e. The number of carbonyl (C=O) groups is 1. The van der Waals surface area contributed by atoms with Gasteiger partial charge in [0, 0.05) is 23.7 Å². The number of thiazole rings is 1. The maximum atomic E-state index is 14.0. The minimum Gasteiger partial charge on any atom is -0.308 e. The number of rotatable bonds is 5. The van der Waals surface area contributed by atoms with E-state index in [1.165, 1.54) is 17.4 Å². The molecule has 0 saturated carbocycles. The van der Waals surface area contributed by atoms with Gasteiger partial charge in [0.15, 0.2) is 5.13 Å². The Labute approximate surface area is 166 Å². The lowest BCUT2D eigenvalue weighted by Crippen LogP contribution is -2.36. The van der Waals surface area contributed by atoms with Crippen LogP contribution in [-0.2, 0) is 0 Å².